The molecule has 198 valence electrons. The van der Waals surface area contributed by atoms with E-state index < -0.39 is 42.0 Å². The van der Waals surface area contributed by atoms with Crippen molar-refractivity contribution in [3.63, 3.8) is 0 Å². The molecule has 2 aromatic carbocycles. The smallest absolute Gasteiger partial charge is 0.326 e. The third kappa shape index (κ3) is 7.63. The molecule has 1 fully saturated rings. The van der Waals surface area contributed by atoms with E-state index >= 15 is 0 Å². The van der Waals surface area contributed by atoms with Crippen LogP contribution in [0.5, 0.6) is 0 Å². The molecular weight excluding hydrogens is 472 g/mol. The van der Waals surface area contributed by atoms with Gasteiger partial charge in [0.2, 0.25) is 17.7 Å². The zero-order chi connectivity index (χ0) is 26.9. The largest absolute Gasteiger partial charge is 0.480 e. The first kappa shape index (κ1) is 27.9. The minimum atomic E-state index is -1.15. The average Bonchev–Trinajstić information content (AvgIpc) is 3.38. The molecule has 2 aromatic rings. The predicted octanol–water partition coefficient (Wildman–Crippen LogP) is 1.50. The lowest BCUT2D eigenvalue weighted by atomic mass is 10.0. The summed E-state index contributed by atoms with van der Waals surface area (Å²) >= 11 is 0. The number of amides is 3. The zero-order valence-corrected chi connectivity index (χ0v) is 21.3. The van der Waals surface area contributed by atoms with Gasteiger partial charge in [0.15, 0.2) is 0 Å². The molecule has 4 unspecified atom stereocenters. The lowest BCUT2D eigenvalue weighted by Crippen LogP contribution is -2.58. The molecule has 5 N–H and O–H groups in total. The molecule has 1 aliphatic rings. The third-order valence-electron chi connectivity index (χ3n) is 6.65. The molecule has 4 atom stereocenters. The Morgan fingerprint density at radius 1 is 0.919 bits per heavy atom. The fourth-order valence-electron chi connectivity index (χ4n) is 4.44. The van der Waals surface area contributed by atoms with Crippen LogP contribution < -0.4 is 16.4 Å². The molecule has 1 heterocycles. The molecule has 37 heavy (non-hydrogen) atoms. The number of nitrogens with two attached hydrogens (primary N) is 1. The van der Waals surface area contributed by atoms with Gasteiger partial charge in [0.1, 0.15) is 18.1 Å². The number of nitrogens with zero attached hydrogens (tertiary/aromatic N) is 1. The first-order chi connectivity index (χ1) is 17.7. The topological polar surface area (TPSA) is 142 Å². The highest BCUT2D eigenvalue weighted by molar-refractivity contribution is 5.94. The molecule has 0 bridgehead atoms. The molecule has 0 radical (unpaired) electrons. The minimum Gasteiger partial charge on any atom is -0.480 e. The van der Waals surface area contributed by atoms with Gasteiger partial charge >= 0.3 is 5.97 Å². The van der Waals surface area contributed by atoms with Crippen LogP contribution in [0.15, 0.2) is 60.7 Å². The number of hydrogen-bond acceptors (Lipinski definition) is 5. The van der Waals surface area contributed by atoms with E-state index in [1.807, 2.05) is 50.2 Å². The van der Waals surface area contributed by atoms with Crippen molar-refractivity contribution in [1.29, 1.82) is 0 Å². The Bertz CT molecular complexity index is 1080. The third-order valence-corrected chi connectivity index (χ3v) is 6.65. The molecule has 9 nitrogen and oxygen atoms in total. The van der Waals surface area contributed by atoms with E-state index in [4.69, 9.17) is 5.73 Å². The number of carbonyl (C=O) groups excluding carboxylic acids is 3. The second-order valence-corrected chi connectivity index (χ2v) is 9.80. The van der Waals surface area contributed by atoms with Gasteiger partial charge in [-0.15, -0.1) is 0 Å². The monoisotopic (exact) mass is 508 g/mol. The normalized spacial score (nSPS) is 17.6. The number of aliphatic carboxylic acids is 1. The standard InChI is InChI=1S/C28H36N4O5/c1-18(2)24(29)26(34)30-21(16-19-10-5-3-6-11-19)27(35)32-15-9-14-23(32)25(33)31-22(28(36)37)17-20-12-7-4-8-13-20/h3-8,10-13,18,21-24H,9,14-17,29H2,1-2H3,(H,30,34)(H,31,33)(H,36,37). The maximum absolute atomic E-state index is 13.7. The van der Waals surface area contributed by atoms with Crippen molar-refractivity contribution < 1.29 is 24.3 Å². The van der Waals surface area contributed by atoms with Gasteiger partial charge in [-0.2, -0.15) is 0 Å². The number of nitrogens with one attached hydrogen (secondary N) is 2. The second-order valence-electron chi connectivity index (χ2n) is 9.80. The summed E-state index contributed by atoms with van der Waals surface area (Å²) in [5.41, 5.74) is 7.65. The van der Waals surface area contributed by atoms with E-state index in [0.717, 1.165) is 11.1 Å². The van der Waals surface area contributed by atoms with Crippen molar-refractivity contribution in [2.45, 2.75) is 63.7 Å². The van der Waals surface area contributed by atoms with Gasteiger partial charge < -0.3 is 26.4 Å². The van der Waals surface area contributed by atoms with Crippen molar-refractivity contribution in [3.05, 3.63) is 71.8 Å². The van der Waals surface area contributed by atoms with E-state index in [2.05, 4.69) is 10.6 Å². The first-order valence-corrected chi connectivity index (χ1v) is 12.6. The number of benzene rings is 2. The van der Waals surface area contributed by atoms with E-state index in [9.17, 15) is 24.3 Å². The van der Waals surface area contributed by atoms with Crippen molar-refractivity contribution >= 4 is 23.7 Å². The van der Waals surface area contributed by atoms with Crippen molar-refractivity contribution in [1.82, 2.24) is 15.5 Å². The molecule has 1 aliphatic heterocycles. The van der Waals surface area contributed by atoms with Crippen molar-refractivity contribution in [2.75, 3.05) is 6.54 Å². The highest BCUT2D eigenvalue weighted by atomic mass is 16.4. The predicted molar refractivity (Wildman–Crippen MR) is 139 cm³/mol. The molecule has 0 spiro atoms. The fourth-order valence-corrected chi connectivity index (χ4v) is 4.44. The van der Waals surface area contributed by atoms with Crippen LogP contribution in [0.3, 0.4) is 0 Å². The molecule has 0 aromatic heterocycles. The van der Waals surface area contributed by atoms with Crippen LogP contribution >= 0.6 is 0 Å². The Kier molecular flexibility index (Phi) is 9.79. The van der Waals surface area contributed by atoms with Crippen LogP contribution in [0.2, 0.25) is 0 Å². The maximum atomic E-state index is 13.7. The summed E-state index contributed by atoms with van der Waals surface area (Å²) in [5.74, 6) is -2.60. The Morgan fingerprint density at radius 2 is 1.46 bits per heavy atom. The fraction of sp³-hybridized carbons (Fsp3) is 0.429. The second kappa shape index (κ2) is 13.0. The number of carbonyl (C=O) groups is 4. The summed E-state index contributed by atoms with van der Waals surface area (Å²) in [6, 6.07) is 14.7. The van der Waals surface area contributed by atoms with Crippen LogP contribution in [-0.4, -0.2) is 64.4 Å². The molecule has 3 rings (SSSR count). The summed E-state index contributed by atoms with van der Waals surface area (Å²) in [4.78, 5) is 52.9. The van der Waals surface area contributed by atoms with Crippen LogP contribution in [0, 0.1) is 5.92 Å². The Balaban J connectivity index is 1.76. The number of rotatable bonds is 11. The molecular formula is C28H36N4O5. The van der Waals surface area contributed by atoms with Crippen molar-refractivity contribution in [2.24, 2.45) is 11.7 Å². The van der Waals surface area contributed by atoms with E-state index in [0.29, 0.717) is 19.4 Å². The number of likely N-dealkylation sites (tertiary alicyclic amines) is 1. The lowest BCUT2D eigenvalue weighted by molar-refractivity contribution is -0.145. The molecule has 1 saturated heterocycles. The number of hydrogen-bond donors (Lipinski definition) is 4. The Labute approximate surface area is 217 Å². The maximum Gasteiger partial charge on any atom is 0.326 e. The summed E-state index contributed by atoms with van der Waals surface area (Å²) in [6.07, 6.45) is 1.37. The van der Waals surface area contributed by atoms with Crippen LogP contribution in [-0.2, 0) is 32.0 Å². The summed E-state index contributed by atoms with van der Waals surface area (Å²) in [7, 11) is 0. The highest BCUT2D eigenvalue weighted by Crippen LogP contribution is 2.20. The number of carboxylic acids is 1. The summed E-state index contributed by atoms with van der Waals surface area (Å²) in [5, 5.41) is 15.1. The first-order valence-electron chi connectivity index (χ1n) is 12.6. The van der Waals surface area contributed by atoms with Gasteiger partial charge in [0.25, 0.3) is 0 Å². The Hall–Kier alpha value is -3.72. The molecule has 3 amide bonds. The zero-order valence-electron chi connectivity index (χ0n) is 21.3. The van der Waals surface area contributed by atoms with Crippen molar-refractivity contribution in [3.8, 4) is 0 Å². The summed E-state index contributed by atoms with van der Waals surface area (Å²) < 4.78 is 0. The van der Waals surface area contributed by atoms with Gasteiger partial charge in [0.05, 0.1) is 6.04 Å². The number of carboxylic acid groups (broad SMARTS) is 1. The minimum absolute atomic E-state index is 0.115. The SMILES string of the molecule is CC(C)C(N)C(=O)NC(Cc1ccccc1)C(=O)N1CCCC1C(=O)NC(Cc1ccccc1)C(=O)O. The van der Waals surface area contributed by atoms with Crippen LogP contribution in [0.4, 0.5) is 0 Å². The van der Waals surface area contributed by atoms with Gasteiger partial charge in [-0.3, -0.25) is 14.4 Å². The van der Waals surface area contributed by atoms with Gasteiger partial charge in [0, 0.05) is 19.4 Å². The van der Waals surface area contributed by atoms with E-state index in [-0.39, 0.29) is 24.7 Å². The molecule has 9 heteroatoms. The Morgan fingerprint density at radius 3 is 1.97 bits per heavy atom. The van der Waals surface area contributed by atoms with Gasteiger partial charge in [-0.25, -0.2) is 4.79 Å². The quantitative estimate of drug-likeness (QED) is 0.362. The van der Waals surface area contributed by atoms with Crippen LogP contribution in [0.25, 0.3) is 0 Å². The van der Waals surface area contributed by atoms with Crippen LogP contribution in [0.1, 0.15) is 37.8 Å². The highest BCUT2D eigenvalue weighted by Gasteiger charge is 2.39. The van der Waals surface area contributed by atoms with E-state index in [1.54, 1.807) is 24.3 Å². The summed E-state index contributed by atoms with van der Waals surface area (Å²) in [6.45, 7) is 3.99. The average molecular weight is 509 g/mol. The molecule has 0 saturated carbocycles. The molecule has 0 aliphatic carbocycles. The lowest BCUT2D eigenvalue weighted by Gasteiger charge is -2.30. The van der Waals surface area contributed by atoms with E-state index in [1.165, 1.54) is 4.90 Å². The van der Waals surface area contributed by atoms with Gasteiger partial charge in [-0.05, 0) is 29.9 Å². The van der Waals surface area contributed by atoms with Gasteiger partial charge in [-0.1, -0.05) is 74.5 Å².